The molecule has 0 saturated carbocycles. The molecule has 0 spiro atoms. The highest BCUT2D eigenvalue weighted by Gasteiger charge is 2.34. The van der Waals surface area contributed by atoms with Gasteiger partial charge in [0.1, 0.15) is 35.7 Å². The van der Waals surface area contributed by atoms with E-state index in [2.05, 4.69) is 31.8 Å². The lowest BCUT2D eigenvalue weighted by molar-refractivity contribution is 0.198. The second-order valence-electron chi connectivity index (χ2n) is 9.72. The summed E-state index contributed by atoms with van der Waals surface area (Å²) in [7, 11) is 2.12. The first-order valence-corrected chi connectivity index (χ1v) is 12.9. The minimum absolute atomic E-state index is 0.00929. The molecule has 0 aromatic carbocycles. The van der Waals surface area contributed by atoms with Crippen molar-refractivity contribution in [3.8, 4) is 0 Å². The Bertz CT molecular complexity index is 1390. The van der Waals surface area contributed by atoms with Gasteiger partial charge in [0, 0.05) is 48.0 Å². The molecule has 7 nitrogen and oxygen atoms in total. The highest BCUT2D eigenvalue weighted by molar-refractivity contribution is 6.31. The first kappa shape index (κ1) is 26.2. The summed E-state index contributed by atoms with van der Waals surface area (Å²) >= 11 is 7.05. The number of nitrogens with zero attached hydrogens (tertiary/aromatic N) is 6. The number of halogens is 3. The first-order valence-electron chi connectivity index (χ1n) is 12.5. The van der Waals surface area contributed by atoms with Crippen molar-refractivity contribution in [1.29, 1.82) is 0 Å². The maximum absolute atomic E-state index is 14.2. The number of aryl methyl sites for hydroxylation is 1. The third-order valence-corrected chi connectivity index (χ3v) is 7.40. The Morgan fingerprint density at radius 3 is 2.61 bits per heavy atom. The normalized spacial score (nSPS) is 19.1. The van der Waals surface area contributed by atoms with Crippen molar-refractivity contribution in [3.63, 3.8) is 0 Å². The molecule has 2 aliphatic heterocycles. The fraction of sp³-hybridized carbons (Fsp3) is 0.357. The Labute approximate surface area is 225 Å². The van der Waals surface area contributed by atoms with E-state index in [1.54, 1.807) is 24.7 Å². The standard InChI is InChI=1S/C28H29ClF2N6O/c1-17-14-32-8-5-24(17)37-18(2)12-25(38-16-23-21(31)13-20(30)15-34-23)26(29)27(37)22-4-9-33-28(35-22)19-6-10-36(3)11-7-19/h4-5,8-9,12-15,19,27H,6-7,10-11,16H2,1-3H3. The number of anilines is 1. The molecule has 1 fully saturated rings. The summed E-state index contributed by atoms with van der Waals surface area (Å²) in [4.78, 5) is 22.1. The van der Waals surface area contributed by atoms with Gasteiger partial charge in [-0.1, -0.05) is 11.6 Å². The minimum Gasteiger partial charge on any atom is -0.486 e. The van der Waals surface area contributed by atoms with Gasteiger partial charge in [-0.05, 0) is 64.5 Å². The third kappa shape index (κ3) is 5.39. The van der Waals surface area contributed by atoms with Crippen LogP contribution in [0.3, 0.4) is 0 Å². The van der Waals surface area contributed by atoms with Crippen LogP contribution in [-0.4, -0.2) is 45.0 Å². The molecule has 0 radical (unpaired) electrons. The van der Waals surface area contributed by atoms with E-state index in [-0.39, 0.29) is 18.2 Å². The van der Waals surface area contributed by atoms with Gasteiger partial charge in [-0.2, -0.15) is 0 Å². The topological polar surface area (TPSA) is 67.3 Å². The summed E-state index contributed by atoms with van der Waals surface area (Å²) in [6, 6.07) is 4.09. The van der Waals surface area contributed by atoms with E-state index < -0.39 is 17.7 Å². The van der Waals surface area contributed by atoms with Gasteiger partial charge in [-0.15, -0.1) is 0 Å². The van der Waals surface area contributed by atoms with Gasteiger partial charge < -0.3 is 14.5 Å². The van der Waals surface area contributed by atoms with Crippen LogP contribution in [0.1, 0.15) is 54.5 Å². The van der Waals surface area contributed by atoms with E-state index in [9.17, 15) is 8.78 Å². The Morgan fingerprint density at radius 2 is 1.87 bits per heavy atom. The third-order valence-electron chi connectivity index (χ3n) is 7.01. The summed E-state index contributed by atoms with van der Waals surface area (Å²) in [6.07, 6.45) is 10.1. The average molecular weight is 539 g/mol. The summed E-state index contributed by atoms with van der Waals surface area (Å²) in [5, 5.41) is 0.391. The van der Waals surface area contributed by atoms with Crippen molar-refractivity contribution in [3.05, 3.63) is 100.0 Å². The van der Waals surface area contributed by atoms with E-state index in [4.69, 9.17) is 21.3 Å². The molecule has 10 heteroatoms. The quantitative estimate of drug-likeness (QED) is 0.393. The Kier molecular flexibility index (Phi) is 7.67. The number of pyridine rings is 2. The molecular formula is C28H29ClF2N6O. The van der Waals surface area contributed by atoms with Crippen molar-refractivity contribution in [1.82, 2.24) is 24.8 Å². The second kappa shape index (κ2) is 11.1. The van der Waals surface area contributed by atoms with Crippen molar-refractivity contribution in [2.75, 3.05) is 25.0 Å². The smallest absolute Gasteiger partial charge is 0.151 e. The van der Waals surface area contributed by atoms with Crippen LogP contribution in [0.4, 0.5) is 14.5 Å². The molecule has 0 amide bonds. The molecule has 1 saturated heterocycles. The second-order valence-corrected chi connectivity index (χ2v) is 10.1. The molecular weight excluding hydrogens is 510 g/mol. The Hall–Kier alpha value is -3.43. The monoisotopic (exact) mass is 538 g/mol. The molecule has 3 aromatic rings. The van der Waals surface area contributed by atoms with Crippen molar-refractivity contribution in [2.45, 2.75) is 45.3 Å². The van der Waals surface area contributed by atoms with Crippen molar-refractivity contribution < 1.29 is 13.5 Å². The SMILES string of the molecule is CC1=CC(OCc2ncc(F)cc2F)=C(Cl)C(c2ccnc(C3CCN(C)CC3)n2)N1c1ccncc1C. The van der Waals surface area contributed by atoms with Gasteiger partial charge in [0.15, 0.2) is 5.82 Å². The van der Waals surface area contributed by atoms with Gasteiger partial charge >= 0.3 is 0 Å². The molecule has 1 atom stereocenters. The zero-order chi connectivity index (χ0) is 26.8. The van der Waals surface area contributed by atoms with E-state index in [1.165, 1.54) is 0 Å². The summed E-state index contributed by atoms with van der Waals surface area (Å²) in [5.74, 6) is -0.0683. The number of aromatic nitrogens is 4. The summed E-state index contributed by atoms with van der Waals surface area (Å²) in [5.41, 5.74) is 3.48. The molecule has 0 N–H and O–H groups in total. The number of piperidine rings is 1. The van der Waals surface area contributed by atoms with E-state index in [0.29, 0.717) is 10.8 Å². The lowest BCUT2D eigenvalue weighted by atomic mass is 9.96. The molecule has 0 bridgehead atoms. The van der Waals surface area contributed by atoms with Crippen LogP contribution in [0.15, 0.2) is 65.6 Å². The summed E-state index contributed by atoms with van der Waals surface area (Å²) in [6.45, 7) is 5.74. The van der Waals surface area contributed by atoms with E-state index >= 15 is 0 Å². The van der Waals surface area contributed by atoms with E-state index in [0.717, 1.165) is 66.7 Å². The number of likely N-dealkylation sites (tertiary alicyclic amines) is 1. The predicted octanol–water partition coefficient (Wildman–Crippen LogP) is 5.79. The Morgan fingerprint density at radius 1 is 1.08 bits per heavy atom. The van der Waals surface area contributed by atoms with Crippen molar-refractivity contribution >= 4 is 17.3 Å². The van der Waals surface area contributed by atoms with Crippen LogP contribution >= 0.6 is 11.6 Å². The maximum atomic E-state index is 14.2. The molecule has 0 aliphatic carbocycles. The molecule has 1 unspecified atom stereocenters. The van der Waals surface area contributed by atoms with Gasteiger partial charge in [0.2, 0.25) is 0 Å². The lowest BCUT2D eigenvalue weighted by Crippen LogP contribution is -2.33. The number of hydrogen-bond donors (Lipinski definition) is 0. The summed E-state index contributed by atoms with van der Waals surface area (Å²) < 4.78 is 33.5. The largest absolute Gasteiger partial charge is 0.486 e. The average Bonchev–Trinajstić information content (AvgIpc) is 2.90. The van der Waals surface area contributed by atoms with Crippen molar-refractivity contribution in [2.24, 2.45) is 0 Å². The predicted molar refractivity (Wildman–Crippen MR) is 141 cm³/mol. The number of rotatable bonds is 6. The van der Waals surface area contributed by atoms with Crippen LogP contribution in [-0.2, 0) is 11.3 Å². The molecule has 198 valence electrons. The number of hydrogen-bond acceptors (Lipinski definition) is 7. The molecule has 2 aliphatic rings. The first-order chi connectivity index (χ1) is 18.3. The molecule has 5 heterocycles. The van der Waals surface area contributed by atoms with E-state index in [1.807, 2.05) is 26.0 Å². The zero-order valence-electron chi connectivity index (χ0n) is 21.5. The van der Waals surface area contributed by atoms with Gasteiger partial charge in [-0.25, -0.2) is 18.7 Å². The lowest BCUT2D eigenvalue weighted by Gasteiger charge is -2.38. The zero-order valence-corrected chi connectivity index (χ0v) is 22.3. The van der Waals surface area contributed by atoms with Crippen LogP contribution in [0.2, 0.25) is 0 Å². The number of allylic oxidation sites excluding steroid dienone is 2. The molecule has 5 rings (SSSR count). The Balaban J connectivity index is 1.53. The fourth-order valence-electron chi connectivity index (χ4n) is 4.92. The highest BCUT2D eigenvalue weighted by atomic mass is 35.5. The fourth-order valence-corrected chi connectivity index (χ4v) is 5.24. The molecule has 3 aromatic heterocycles. The van der Waals surface area contributed by atoms with Crippen LogP contribution in [0.5, 0.6) is 0 Å². The molecule has 38 heavy (non-hydrogen) atoms. The van der Waals surface area contributed by atoms with Gasteiger partial charge in [0.25, 0.3) is 0 Å². The van der Waals surface area contributed by atoms with Gasteiger partial charge in [0.05, 0.1) is 16.9 Å². The van der Waals surface area contributed by atoms with Gasteiger partial charge in [-0.3, -0.25) is 9.97 Å². The number of ether oxygens (including phenoxy) is 1. The minimum atomic E-state index is -0.776. The highest BCUT2D eigenvalue weighted by Crippen LogP contribution is 2.43. The maximum Gasteiger partial charge on any atom is 0.151 e. The van der Waals surface area contributed by atoms with Crippen LogP contribution < -0.4 is 4.90 Å². The van der Waals surface area contributed by atoms with Crippen LogP contribution in [0, 0.1) is 18.6 Å². The van der Waals surface area contributed by atoms with Crippen LogP contribution in [0.25, 0.3) is 0 Å².